The number of ether oxygens (including phenoxy) is 2. The van der Waals surface area contributed by atoms with Crippen molar-refractivity contribution in [2.75, 3.05) is 19.5 Å². The van der Waals surface area contributed by atoms with Crippen molar-refractivity contribution >= 4 is 17.7 Å². The Bertz CT molecular complexity index is 515. The fraction of sp³-hybridized carbons (Fsp3) is 0.308. The molecule has 0 fully saturated rings. The molecule has 0 spiro atoms. The second-order valence-corrected chi connectivity index (χ2v) is 5.10. The van der Waals surface area contributed by atoms with E-state index in [1.54, 1.807) is 6.07 Å². The van der Waals surface area contributed by atoms with Gasteiger partial charge in [0, 0.05) is 11.3 Å². The molecule has 1 aromatic rings. The number of para-hydroxylation sites is 1. The number of hydrogen-bond acceptors (Lipinski definition) is 6. The number of aliphatic hydroxyl groups is 1. The summed E-state index contributed by atoms with van der Waals surface area (Å²) in [6.45, 7) is 0.0263. The molecular weight excluding hydrogens is 266 g/mol. The molecule has 0 amide bonds. The van der Waals surface area contributed by atoms with Crippen LogP contribution in [0, 0.1) is 0 Å². The minimum absolute atomic E-state index is 0.0263. The predicted molar refractivity (Wildman–Crippen MR) is 72.6 cm³/mol. The normalized spacial score (nSPS) is 17.7. The van der Waals surface area contributed by atoms with Gasteiger partial charge in [-0.3, -0.25) is 0 Å². The Morgan fingerprint density at radius 3 is 2.95 bits per heavy atom. The number of carbonyl (C=O) groups is 1. The van der Waals surface area contributed by atoms with E-state index in [1.165, 1.54) is 18.9 Å². The molecule has 102 valence electrons. The number of aliphatic hydroxyl groups excluding tert-OH is 1. The van der Waals surface area contributed by atoms with Gasteiger partial charge in [0.05, 0.1) is 19.0 Å². The molecule has 1 unspecified atom stereocenters. The van der Waals surface area contributed by atoms with Gasteiger partial charge in [0.1, 0.15) is 11.3 Å². The highest BCUT2D eigenvalue weighted by Crippen LogP contribution is 2.44. The van der Waals surface area contributed by atoms with Crippen LogP contribution in [0.5, 0.6) is 5.75 Å². The van der Waals surface area contributed by atoms with Crippen molar-refractivity contribution in [3.63, 3.8) is 0 Å². The van der Waals surface area contributed by atoms with Gasteiger partial charge in [-0.05, 0) is 6.07 Å². The maximum Gasteiger partial charge on any atom is 0.340 e. The number of esters is 1. The topological polar surface area (TPSA) is 81.8 Å². The molecule has 1 aliphatic heterocycles. The summed E-state index contributed by atoms with van der Waals surface area (Å²) in [5.41, 5.74) is 6.96. The summed E-state index contributed by atoms with van der Waals surface area (Å²) in [5.74, 6) is 0.666. The molecule has 2 rings (SSSR count). The van der Waals surface area contributed by atoms with Crippen molar-refractivity contribution in [3.05, 3.63) is 41.3 Å². The van der Waals surface area contributed by atoms with Gasteiger partial charge in [0.2, 0.25) is 5.88 Å². The number of fused-ring (bicyclic) bond motifs is 1. The maximum atomic E-state index is 11.8. The quantitative estimate of drug-likeness (QED) is 0.807. The first-order chi connectivity index (χ1) is 9.19. The lowest BCUT2D eigenvalue weighted by Gasteiger charge is -2.27. The van der Waals surface area contributed by atoms with Gasteiger partial charge in [-0.2, -0.15) is 0 Å². The molecule has 1 aliphatic rings. The molecule has 0 aliphatic carbocycles. The molecular formula is C13H15NO4S. The zero-order chi connectivity index (χ0) is 13.8. The van der Waals surface area contributed by atoms with Crippen LogP contribution in [-0.4, -0.2) is 30.5 Å². The monoisotopic (exact) mass is 281 g/mol. The van der Waals surface area contributed by atoms with Crippen LogP contribution < -0.4 is 10.5 Å². The van der Waals surface area contributed by atoms with Crippen molar-refractivity contribution < 1.29 is 19.4 Å². The van der Waals surface area contributed by atoms with E-state index < -0.39 is 5.97 Å². The molecule has 1 atom stereocenters. The van der Waals surface area contributed by atoms with E-state index in [9.17, 15) is 4.79 Å². The van der Waals surface area contributed by atoms with Gasteiger partial charge in [0.15, 0.2) is 0 Å². The van der Waals surface area contributed by atoms with Crippen LogP contribution in [0.15, 0.2) is 35.7 Å². The number of carbonyl (C=O) groups excluding carboxylic acids is 1. The average molecular weight is 281 g/mol. The fourth-order valence-electron chi connectivity index (χ4n) is 1.91. The summed E-state index contributed by atoms with van der Waals surface area (Å²) in [6.07, 6.45) is 0. The molecule has 0 saturated heterocycles. The van der Waals surface area contributed by atoms with Gasteiger partial charge in [0.25, 0.3) is 0 Å². The standard InChI is InChI=1S/C13H15NO4S/c1-17-13(16)10-11(19-7-6-15)8-4-2-3-5-9(8)18-12(10)14/h2-5,11,15H,6-7,14H2,1H3. The van der Waals surface area contributed by atoms with E-state index in [0.717, 1.165) is 5.56 Å². The third-order valence-electron chi connectivity index (χ3n) is 2.73. The molecule has 0 bridgehead atoms. The zero-order valence-corrected chi connectivity index (χ0v) is 11.3. The van der Waals surface area contributed by atoms with Crippen LogP contribution in [0.1, 0.15) is 10.8 Å². The Kier molecular flexibility index (Phi) is 4.34. The van der Waals surface area contributed by atoms with E-state index in [2.05, 4.69) is 0 Å². The van der Waals surface area contributed by atoms with E-state index in [1.807, 2.05) is 18.2 Å². The summed E-state index contributed by atoms with van der Waals surface area (Å²) in [6, 6.07) is 7.37. The highest BCUT2D eigenvalue weighted by Gasteiger charge is 2.33. The van der Waals surface area contributed by atoms with Gasteiger partial charge in [-0.15, -0.1) is 11.8 Å². The summed E-state index contributed by atoms with van der Waals surface area (Å²) in [4.78, 5) is 11.8. The van der Waals surface area contributed by atoms with E-state index in [-0.39, 0.29) is 17.7 Å². The van der Waals surface area contributed by atoms with Crippen molar-refractivity contribution in [1.29, 1.82) is 0 Å². The molecule has 19 heavy (non-hydrogen) atoms. The molecule has 1 aromatic carbocycles. The predicted octanol–water partition coefficient (Wildman–Crippen LogP) is 1.19. The molecule has 0 radical (unpaired) electrons. The number of hydrogen-bond donors (Lipinski definition) is 2. The fourth-order valence-corrected chi connectivity index (χ4v) is 3.00. The number of rotatable bonds is 4. The third-order valence-corrected chi connectivity index (χ3v) is 3.97. The third kappa shape index (κ3) is 2.69. The van der Waals surface area contributed by atoms with Crippen LogP contribution in [0.4, 0.5) is 0 Å². The highest BCUT2D eigenvalue weighted by molar-refractivity contribution is 7.99. The lowest BCUT2D eigenvalue weighted by atomic mass is 10.0. The van der Waals surface area contributed by atoms with Crippen molar-refractivity contribution in [3.8, 4) is 5.75 Å². The molecule has 5 nitrogen and oxygen atoms in total. The summed E-state index contributed by atoms with van der Waals surface area (Å²) in [7, 11) is 1.30. The summed E-state index contributed by atoms with van der Waals surface area (Å²) < 4.78 is 10.2. The number of benzene rings is 1. The maximum absolute atomic E-state index is 11.8. The first-order valence-corrected chi connectivity index (χ1v) is 6.81. The summed E-state index contributed by atoms with van der Waals surface area (Å²) in [5, 5.41) is 8.69. The molecule has 3 N–H and O–H groups in total. The average Bonchev–Trinajstić information content (AvgIpc) is 2.43. The zero-order valence-electron chi connectivity index (χ0n) is 10.5. The Balaban J connectivity index is 2.43. The molecule has 1 heterocycles. The Hall–Kier alpha value is -1.66. The van der Waals surface area contributed by atoms with E-state index >= 15 is 0 Å². The van der Waals surface area contributed by atoms with E-state index in [4.69, 9.17) is 20.3 Å². The van der Waals surface area contributed by atoms with Gasteiger partial charge in [-0.25, -0.2) is 4.79 Å². The number of methoxy groups -OCH3 is 1. The molecule has 0 aromatic heterocycles. The lowest BCUT2D eigenvalue weighted by molar-refractivity contribution is -0.136. The van der Waals surface area contributed by atoms with Gasteiger partial charge < -0.3 is 20.3 Å². The van der Waals surface area contributed by atoms with Gasteiger partial charge >= 0.3 is 5.97 Å². The minimum Gasteiger partial charge on any atom is -0.465 e. The summed E-state index contributed by atoms with van der Waals surface area (Å²) >= 11 is 1.43. The first kappa shape index (κ1) is 13.8. The largest absolute Gasteiger partial charge is 0.465 e. The second-order valence-electron chi connectivity index (χ2n) is 3.88. The van der Waals surface area contributed by atoms with Crippen LogP contribution >= 0.6 is 11.8 Å². The lowest BCUT2D eigenvalue weighted by Crippen LogP contribution is -2.25. The Labute approximate surface area is 115 Å². The van der Waals surface area contributed by atoms with Crippen molar-refractivity contribution in [1.82, 2.24) is 0 Å². The smallest absolute Gasteiger partial charge is 0.340 e. The van der Waals surface area contributed by atoms with Gasteiger partial charge in [-0.1, -0.05) is 18.2 Å². The SMILES string of the molecule is COC(=O)C1=C(N)Oc2ccccc2C1SCCO. The van der Waals surface area contributed by atoms with Crippen molar-refractivity contribution in [2.45, 2.75) is 5.25 Å². The minimum atomic E-state index is -0.512. The number of thioether (sulfide) groups is 1. The first-order valence-electron chi connectivity index (χ1n) is 5.76. The van der Waals surface area contributed by atoms with Crippen LogP contribution in [0.2, 0.25) is 0 Å². The van der Waals surface area contributed by atoms with Crippen LogP contribution in [-0.2, 0) is 9.53 Å². The highest BCUT2D eigenvalue weighted by atomic mass is 32.2. The molecule has 0 saturated carbocycles. The van der Waals surface area contributed by atoms with E-state index in [0.29, 0.717) is 17.1 Å². The van der Waals surface area contributed by atoms with Crippen LogP contribution in [0.3, 0.4) is 0 Å². The second kappa shape index (κ2) is 5.99. The Morgan fingerprint density at radius 1 is 1.53 bits per heavy atom. The number of nitrogens with two attached hydrogens (primary N) is 1. The van der Waals surface area contributed by atoms with Crippen molar-refractivity contribution in [2.24, 2.45) is 5.73 Å². The van der Waals surface area contributed by atoms with Crippen LogP contribution in [0.25, 0.3) is 0 Å². The Morgan fingerprint density at radius 2 is 2.26 bits per heavy atom. The molecule has 6 heteroatoms.